The lowest BCUT2D eigenvalue weighted by molar-refractivity contribution is 0.105. The zero-order valence-corrected chi connectivity index (χ0v) is 10.9. The van der Waals surface area contributed by atoms with Crippen LogP contribution in [-0.4, -0.2) is 32.8 Å². The Labute approximate surface area is 94.8 Å². The summed E-state index contributed by atoms with van der Waals surface area (Å²) in [7, 11) is 1.71. The van der Waals surface area contributed by atoms with Gasteiger partial charge in [-0.2, -0.15) is 0 Å². The molecule has 0 rings (SSSR count). The first kappa shape index (κ1) is 14.9. The number of hydrogen-bond acceptors (Lipinski definition) is 3. The van der Waals surface area contributed by atoms with Gasteiger partial charge < -0.3 is 15.8 Å². The Hall–Kier alpha value is -0.120. The molecule has 0 saturated carbocycles. The van der Waals surface area contributed by atoms with Gasteiger partial charge in [-0.1, -0.05) is 27.7 Å². The summed E-state index contributed by atoms with van der Waals surface area (Å²) in [5, 5.41) is 3.45. The zero-order valence-electron chi connectivity index (χ0n) is 10.9. The van der Waals surface area contributed by atoms with Crippen molar-refractivity contribution < 1.29 is 4.74 Å². The molecule has 92 valence electrons. The summed E-state index contributed by atoms with van der Waals surface area (Å²) in [5.41, 5.74) is 5.55. The van der Waals surface area contributed by atoms with Gasteiger partial charge in [0.25, 0.3) is 0 Å². The minimum Gasteiger partial charge on any atom is -0.379 e. The molecule has 0 aromatic carbocycles. The molecular formula is C12H28N2O. The van der Waals surface area contributed by atoms with Crippen LogP contribution < -0.4 is 11.1 Å². The quantitative estimate of drug-likeness (QED) is 0.646. The Kier molecular flexibility index (Phi) is 8.02. The molecule has 0 heterocycles. The highest BCUT2D eigenvalue weighted by Crippen LogP contribution is 2.19. The van der Waals surface area contributed by atoms with E-state index in [0.29, 0.717) is 6.54 Å². The molecule has 0 bridgehead atoms. The van der Waals surface area contributed by atoms with Crippen LogP contribution in [0.2, 0.25) is 0 Å². The lowest BCUT2D eigenvalue weighted by Crippen LogP contribution is -2.38. The Morgan fingerprint density at radius 2 is 1.60 bits per heavy atom. The molecule has 0 spiro atoms. The fourth-order valence-electron chi connectivity index (χ4n) is 1.92. The highest BCUT2D eigenvalue weighted by Gasteiger charge is 2.17. The summed E-state index contributed by atoms with van der Waals surface area (Å²) in [6.07, 6.45) is 0.143. The Morgan fingerprint density at radius 3 is 1.93 bits per heavy atom. The molecule has 0 fully saturated rings. The van der Waals surface area contributed by atoms with Crippen LogP contribution in [0.25, 0.3) is 0 Å². The van der Waals surface area contributed by atoms with Crippen LogP contribution in [0.3, 0.4) is 0 Å². The fourth-order valence-corrected chi connectivity index (χ4v) is 1.92. The van der Waals surface area contributed by atoms with Crippen molar-refractivity contribution in [3.8, 4) is 0 Å². The second-order valence-corrected chi connectivity index (χ2v) is 4.90. The first-order valence-corrected chi connectivity index (χ1v) is 5.96. The second-order valence-electron chi connectivity index (χ2n) is 4.90. The molecule has 1 unspecified atom stereocenters. The number of nitrogens with two attached hydrogens (primary N) is 1. The molecule has 1 atom stereocenters. The van der Waals surface area contributed by atoms with Gasteiger partial charge >= 0.3 is 0 Å². The van der Waals surface area contributed by atoms with E-state index in [1.165, 1.54) is 0 Å². The van der Waals surface area contributed by atoms with Crippen molar-refractivity contribution in [1.29, 1.82) is 0 Å². The largest absolute Gasteiger partial charge is 0.379 e. The third kappa shape index (κ3) is 6.13. The van der Waals surface area contributed by atoms with E-state index in [-0.39, 0.29) is 6.10 Å². The van der Waals surface area contributed by atoms with Crippen molar-refractivity contribution in [2.24, 2.45) is 23.5 Å². The van der Waals surface area contributed by atoms with Gasteiger partial charge in [-0.15, -0.1) is 0 Å². The third-order valence-corrected chi connectivity index (χ3v) is 3.06. The zero-order chi connectivity index (χ0) is 11.8. The number of ether oxygens (including phenoxy) is 1. The Bertz CT molecular complexity index is 137. The third-order valence-electron chi connectivity index (χ3n) is 3.06. The molecule has 15 heavy (non-hydrogen) atoms. The van der Waals surface area contributed by atoms with Gasteiger partial charge in [0.1, 0.15) is 0 Å². The molecule has 0 amide bonds. The smallest absolute Gasteiger partial charge is 0.0817 e. The predicted molar refractivity (Wildman–Crippen MR) is 65.9 cm³/mol. The Balaban J connectivity index is 3.80. The molecule has 0 radical (unpaired) electrons. The van der Waals surface area contributed by atoms with Crippen LogP contribution in [0.5, 0.6) is 0 Å². The molecular weight excluding hydrogens is 188 g/mol. The number of hydrogen-bond donors (Lipinski definition) is 2. The highest BCUT2D eigenvalue weighted by molar-refractivity contribution is 4.71. The predicted octanol–water partition coefficient (Wildman–Crippen LogP) is 1.48. The van der Waals surface area contributed by atoms with Crippen LogP contribution >= 0.6 is 0 Å². The summed E-state index contributed by atoms with van der Waals surface area (Å²) in [5.74, 6) is 2.16. The molecule has 0 aromatic heterocycles. The van der Waals surface area contributed by atoms with Gasteiger partial charge in [-0.3, -0.25) is 0 Å². The van der Waals surface area contributed by atoms with Gasteiger partial charge in [-0.25, -0.2) is 0 Å². The molecule has 0 aliphatic rings. The van der Waals surface area contributed by atoms with Crippen LogP contribution in [-0.2, 0) is 4.74 Å². The molecule has 0 saturated heterocycles. The lowest BCUT2D eigenvalue weighted by atomic mass is 9.85. The highest BCUT2D eigenvalue weighted by atomic mass is 16.5. The minimum atomic E-state index is 0.143. The summed E-state index contributed by atoms with van der Waals surface area (Å²) in [4.78, 5) is 0. The van der Waals surface area contributed by atoms with Gasteiger partial charge in [0.15, 0.2) is 0 Å². The van der Waals surface area contributed by atoms with Crippen LogP contribution in [0.1, 0.15) is 27.7 Å². The van der Waals surface area contributed by atoms with Crippen molar-refractivity contribution in [2.45, 2.75) is 33.8 Å². The first-order valence-electron chi connectivity index (χ1n) is 5.96. The van der Waals surface area contributed by atoms with E-state index >= 15 is 0 Å². The van der Waals surface area contributed by atoms with E-state index in [9.17, 15) is 0 Å². The Morgan fingerprint density at radius 1 is 1.07 bits per heavy atom. The summed E-state index contributed by atoms with van der Waals surface area (Å²) >= 11 is 0. The van der Waals surface area contributed by atoms with Crippen LogP contribution in [0.4, 0.5) is 0 Å². The van der Waals surface area contributed by atoms with Crippen molar-refractivity contribution in [2.75, 3.05) is 26.7 Å². The molecule has 0 aliphatic carbocycles. The number of methoxy groups -OCH3 is 1. The number of nitrogens with one attached hydrogen (secondary N) is 1. The van der Waals surface area contributed by atoms with Crippen LogP contribution in [0.15, 0.2) is 0 Å². The average Bonchev–Trinajstić information content (AvgIpc) is 2.17. The van der Waals surface area contributed by atoms with Crippen LogP contribution in [0, 0.1) is 17.8 Å². The lowest BCUT2D eigenvalue weighted by Gasteiger charge is -2.26. The van der Waals surface area contributed by atoms with E-state index in [1.54, 1.807) is 7.11 Å². The van der Waals surface area contributed by atoms with Crippen molar-refractivity contribution in [1.82, 2.24) is 5.32 Å². The molecule has 3 nitrogen and oxygen atoms in total. The van der Waals surface area contributed by atoms with Crippen molar-refractivity contribution in [3.05, 3.63) is 0 Å². The SMILES string of the molecule is COC(CN)CNCC(C(C)C)C(C)C. The summed E-state index contributed by atoms with van der Waals surface area (Å²) in [6, 6.07) is 0. The molecule has 0 aromatic rings. The average molecular weight is 216 g/mol. The number of rotatable bonds is 8. The van der Waals surface area contributed by atoms with Crippen molar-refractivity contribution >= 4 is 0 Å². The van der Waals surface area contributed by atoms with Crippen molar-refractivity contribution in [3.63, 3.8) is 0 Å². The monoisotopic (exact) mass is 216 g/mol. The maximum absolute atomic E-state index is 5.55. The normalized spacial score (nSPS) is 14.2. The summed E-state index contributed by atoms with van der Waals surface area (Å²) in [6.45, 7) is 11.6. The van der Waals surface area contributed by atoms with E-state index in [2.05, 4.69) is 33.0 Å². The van der Waals surface area contributed by atoms with E-state index < -0.39 is 0 Å². The van der Waals surface area contributed by atoms with E-state index in [1.807, 2.05) is 0 Å². The van der Waals surface area contributed by atoms with Gasteiger partial charge in [0, 0.05) is 20.2 Å². The maximum atomic E-state index is 5.55. The molecule has 3 N–H and O–H groups in total. The molecule has 3 heteroatoms. The van der Waals surface area contributed by atoms with E-state index in [0.717, 1.165) is 30.8 Å². The standard InChI is InChI=1S/C12H28N2O/c1-9(2)12(10(3)4)8-14-7-11(6-13)15-5/h9-12,14H,6-8,13H2,1-5H3. The van der Waals surface area contributed by atoms with Gasteiger partial charge in [-0.05, 0) is 24.3 Å². The summed E-state index contributed by atoms with van der Waals surface area (Å²) < 4.78 is 5.21. The molecule has 0 aliphatic heterocycles. The minimum absolute atomic E-state index is 0.143. The van der Waals surface area contributed by atoms with E-state index in [4.69, 9.17) is 10.5 Å². The van der Waals surface area contributed by atoms with Gasteiger partial charge in [0.05, 0.1) is 6.10 Å². The topological polar surface area (TPSA) is 47.3 Å². The first-order chi connectivity index (χ1) is 7.02. The maximum Gasteiger partial charge on any atom is 0.0817 e. The fraction of sp³-hybridized carbons (Fsp3) is 1.00. The second kappa shape index (κ2) is 8.08. The van der Waals surface area contributed by atoms with Gasteiger partial charge in [0.2, 0.25) is 0 Å².